The summed E-state index contributed by atoms with van der Waals surface area (Å²) in [5.74, 6) is 0. The average Bonchev–Trinajstić information content (AvgIpc) is 1.61. The van der Waals surface area contributed by atoms with Crippen molar-refractivity contribution < 1.29 is 0 Å². The summed E-state index contributed by atoms with van der Waals surface area (Å²) in [5.41, 5.74) is 5.23. The van der Waals surface area contributed by atoms with Crippen molar-refractivity contribution in [1.82, 2.24) is 0 Å². The highest BCUT2D eigenvalue weighted by Gasteiger charge is 1.88. The van der Waals surface area contributed by atoms with Crippen LogP contribution in [0.25, 0.3) is 0 Å². The van der Waals surface area contributed by atoms with Gasteiger partial charge in [-0.05, 0) is 13.0 Å². The van der Waals surface area contributed by atoms with Gasteiger partial charge in [0.05, 0.1) is 12.6 Å². The van der Waals surface area contributed by atoms with Crippen molar-refractivity contribution in [2.75, 3.05) is 6.54 Å². The minimum absolute atomic E-state index is 0.704. The molecule has 0 amide bonds. The normalized spacial score (nSPS) is 8.33. The van der Waals surface area contributed by atoms with Crippen LogP contribution in [0.3, 0.4) is 0 Å². The Kier molecular flexibility index (Phi) is 5.33. The maximum Gasteiger partial charge on any atom is 0.295 e. The smallest absolute Gasteiger partial charge is 0.295 e. The molecular weight excluding hydrogens is 90.1 g/mol. The van der Waals surface area contributed by atoms with E-state index in [1.165, 1.54) is 12.5 Å². The van der Waals surface area contributed by atoms with Crippen LogP contribution in [-0.4, -0.2) is 16.1 Å². The van der Waals surface area contributed by atoms with Crippen LogP contribution in [-0.2, 0) is 0 Å². The van der Waals surface area contributed by atoms with Crippen molar-refractivity contribution in [2.45, 2.75) is 19.0 Å². The van der Waals surface area contributed by atoms with Crippen LogP contribution in [0, 0.1) is 0 Å². The predicted octanol–water partition coefficient (Wildman–Crippen LogP) is 0.238. The summed E-state index contributed by atoms with van der Waals surface area (Å²) in [4.78, 5) is 0. The molecule has 0 aromatic carbocycles. The Hall–Kier alpha value is 0.177. The molecule has 0 heterocycles. The first-order valence-electron chi connectivity index (χ1n) is 2.39. The fraction of sp³-hybridized carbons (Fsp3) is 1.00. The molecule has 0 radical (unpaired) electrons. The minimum Gasteiger partial charge on any atom is -0.330 e. The van der Waals surface area contributed by atoms with E-state index in [1.54, 1.807) is 0 Å². The standard InChI is InChI=1S/C4H12NSi/c1-6-4-2-3-5/h6H,2-5H2,1H3/q+1. The first-order valence-corrected chi connectivity index (χ1v) is 4.37. The van der Waals surface area contributed by atoms with E-state index >= 15 is 0 Å². The zero-order chi connectivity index (χ0) is 4.83. The molecule has 0 fully saturated rings. The number of hydrogen-bond donors (Lipinski definition) is 1. The van der Waals surface area contributed by atoms with E-state index < -0.39 is 0 Å². The Labute approximate surface area is 41.7 Å². The number of rotatable bonds is 3. The highest BCUT2D eigenvalue weighted by molar-refractivity contribution is 6.33. The molecule has 0 aliphatic rings. The molecular formula is C4H12NSi+. The van der Waals surface area contributed by atoms with Gasteiger partial charge in [-0.15, -0.1) is 0 Å². The molecule has 0 atom stereocenters. The quantitative estimate of drug-likeness (QED) is 0.401. The Morgan fingerprint density at radius 2 is 2.33 bits per heavy atom. The van der Waals surface area contributed by atoms with E-state index in [1.807, 2.05) is 0 Å². The van der Waals surface area contributed by atoms with Gasteiger partial charge in [-0.2, -0.15) is 0 Å². The third-order valence-corrected chi connectivity index (χ3v) is 1.68. The molecule has 0 aromatic rings. The van der Waals surface area contributed by atoms with Crippen LogP contribution in [0.2, 0.25) is 12.6 Å². The largest absolute Gasteiger partial charge is 0.330 e. The van der Waals surface area contributed by atoms with Gasteiger partial charge in [-0.1, -0.05) is 0 Å². The molecule has 0 aromatic heterocycles. The van der Waals surface area contributed by atoms with Gasteiger partial charge in [-0.25, -0.2) is 0 Å². The first-order chi connectivity index (χ1) is 2.91. The van der Waals surface area contributed by atoms with Crippen molar-refractivity contribution in [3.8, 4) is 0 Å². The highest BCUT2D eigenvalue weighted by atomic mass is 28.2. The van der Waals surface area contributed by atoms with E-state index in [-0.39, 0.29) is 0 Å². The lowest BCUT2D eigenvalue weighted by Crippen LogP contribution is -1.98. The van der Waals surface area contributed by atoms with Gasteiger partial charge in [0.2, 0.25) is 0 Å². The third-order valence-electron chi connectivity index (χ3n) is 0.697. The zero-order valence-corrected chi connectivity index (χ0v) is 5.43. The van der Waals surface area contributed by atoms with Crippen molar-refractivity contribution in [3.63, 3.8) is 0 Å². The van der Waals surface area contributed by atoms with E-state index in [2.05, 4.69) is 6.55 Å². The zero-order valence-electron chi connectivity index (χ0n) is 4.28. The lowest BCUT2D eigenvalue weighted by atomic mass is 10.5. The van der Waals surface area contributed by atoms with E-state index in [0.29, 0.717) is 9.52 Å². The van der Waals surface area contributed by atoms with Crippen molar-refractivity contribution in [2.24, 2.45) is 5.73 Å². The van der Waals surface area contributed by atoms with E-state index in [9.17, 15) is 0 Å². The second-order valence-corrected chi connectivity index (χ2v) is 2.73. The third kappa shape index (κ3) is 4.18. The van der Waals surface area contributed by atoms with Gasteiger partial charge in [0, 0.05) is 0 Å². The Morgan fingerprint density at radius 1 is 1.67 bits per heavy atom. The van der Waals surface area contributed by atoms with Crippen molar-refractivity contribution in [3.05, 3.63) is 0 Å². The first kappa shape index (κ1) is 6.18. The molecule has 0 rings (SSSR count). The second kappa shape index (κ2) is 5.18. The lowest BCUT2D eigenvalue weighted by molar-refractivity contribution is 0.926. The fourth-order valence-corrected chi connectivity index (χ4v) is 0.966. The van der Waals surface area contributed by atoms with Crippen LogP contribution in [0.4, 0.5) is 0 Å². The summed E-state index contributed by atoms with van der Waals surface area (Å²) in [6.45, 7) is 3.14. The lowest BCUT2D eigenvalue weighted by Gasteiger charge is -1.78. The minimum atomic E-state index is 0.704. The molecule has 0 spiro atoms. The topological polar surface area (TPSA) is 26.0 Å². The monoisotopic (exact) mass is 102 g/mol. The maximum absolute atomic E-state index is 5.23. The molecule has 0 aliphatic heterocycles. The predicted molar refractivity (Wildman–Crippen MR) is 31.5 cm³/mol. The highest BCUT2D eigenvalue weighted by Crippen LogP contribution is 1.81. The molecule has 0 bridgehead atoms. The van der Waals surface area contributed by atoms with E-state index in [4.69, 9.17) is 5.73 Å². The van der Waals surface area contributed by atoms with Gasteiger partial charge in [-0.3, -0.25) is 0 Å². The van der Waals surface area contributed by atoms with Crippen molar-refractivity contribution in [1.29, 1.82) is 0 Å². The number of nitrogens with two attached hydrogens (primary N) is 1. The van der Waals surface area contributed by atoms with Crippen LogP contribution < -0.4 is 5.73 Å². The van der Waals surface area contributed by atoms with Crippen molar-refractivity contribution >= 4 is 9.52 Å². The van der Waals surface area contributed by atoms with Gasteiger partial charge in [0.15, 0.2) is 0 Å². The molecule has 2 heteroatoms. The van der Waals surface area contributed by atoms with E-state index in [0.717, 1.165) is 6.54 Å². The average molecular weight is 102 g/mol. The van der Waals surface area contributed by atoms with Gasteiger partial charge >= 0.3 is 0 Å². The summed E-state index contributed by atoms with van der Waals surface area (Å²) in [5, 5.41) is 0. The van der Waals surface area contributed by atoms with Crippen LogP contribution in [0.1, 0.15) is 6.42 Å². The SMILES string of the molecule is C[SiH+]CCCN. The Bertz CT molecular complexity index is 19.5. The van der Waals surface area contributed by atoms with Crippen LogP contribution >= 0.6 is 0 Å². The van der Waals surface area contributed by atoms with Gasteiger partial charge < -0.3 is 5.73 Å². The molecule has 0 unspecified atom stereocenters. The number of hydrogen-bond acceptors (Lipinski definition) is 1. The molecule has 0 saturated heterocycles. The Morgan fingerprint density at radius 3 is 2.50 bits per heavy atom. The van der Waals surface area contributed by atoms with Crippen LogP contribution in [0.5, 0.6) is 0 Å². The maximum atomic E-state index is 5.23. The Balaban J connectivity index is 2.34. The summed E-state index contributed by atoms with van der Waals surface area (Å²) < 4.78 is 0. The fourth-order valence-electron chi connectivity index (χ4n) is 0.322. The molecule has 6 heavy (non-hydrogen) atoms. The van der Waals surface area contributed by atoms with Crippen LogP contribution in [0.15, 0.2) is 0 Å². The summed E-state index contributed by atoms with van der Waals surface area (Å²) in [6.07, 6.45) is 1.23. The molecule has 0 saturated carbocycles. The molecule has 2 N–H and O–H groups in total. The van der Waals surface area contributed by atoms with Gasteiger partial charge in [0.1, 0.15) is 0 Å². The van der Waals surface area contributed by atoms with Gasteiger partial charge in [0.25, 0.3) is 9.52 Å². The summed E-state index contributed by atoms with van der Waals surface area (Å²) >= 11 is 0. The molecule has 0 aliphatic carbocycles. The summed E-state index contributed by atoms with van der Waals surface area (Å²) in [6, 6.07) is 1.37. The summed E-state index contributed by atoms with van der Waals surface area (Å²) in [7, 11) is 0.704. The molecule has 36 valence electrons. The second-order valence-electron chi connectivity index (χ2n) is 1.34. The molecule has 1 nitrogen and oxygen atoms in total.